The summed E-state index contributed by atoms with van der Waals surface area (Å²) in [7, 11) is 0. The third-order valence-electron chi connectivity index (χ3n) is 7.39. The van der Waals surface area contributed by atoms with E-state index in [2.05, 4.69) is 22.4 Å². The number of nitrogens with one attached hydrogen (secondary N) is 1. The fraction of sp³-hybridized carbons (Fsp3) is 0.219. The molecule has 1 saturated carbocycles. The van der Waals surface area contributed by atoms with E-state index in [0.29, 0.717) is 36.0 Å². The van der Waals surface area contributed by atoms with E-state index in [1.165, 1.54) is 11.3 Å². The number of thiazole rings is 1. The van der Waals surface area contributed by atoms with Gasteiger partial charge in [0.1, 0.15) is 5.69 Å². The number of nitrogens with zero attached hydrogens (tertiary/aromatic N) is 3. The minimum Gasteiger partial charge on any atom is -0.349 e. The van der Waals surface area contributed by atoms with Crippen molar-refractivity contribution < 1.29 is 9.59 Å². The second kappa shape index (κ2) is 10.9. The number of rotatable bonds is 9. The topological polar surface area (TPSA) is 66.7 Å². The number of hydrogen-bond donors (Lipinski definition) is 1. The second-order valence-electron chi connectivity index (χ2n) is 10.0. The van der Waals surface area contributed by atoms with Crippen LogP contribution in [0.1, 0.15) is 44.9 Å². The zero-order chi connectivity index (χ0) is 26.8. The van der Waals surface area contributed by atoms with Gasteiger partial charge in [-0.1, -0.05) is 78.9 Å². The highest BCUT2D eigenvalue weighted by atomic mass is 32.1. The first-order valence-electron chi connectivity index (χ1n) is 13.3. The summed E-state index contributed by atoms with van der Waals surface area (Å²) < 4.78 is 1.84. The summed E-state index contributed by atoms with van der Waals surface area (Å²) in [5.74, 6) is 0.153. The maximum Gasteiger partial charge on any atom is 0.270 e. The smallest absolute Gasteiger partial charge is 0.270 e. The molecule has 1 aliphatic carbocycles. The van der Waals surface area contributed by atoms with Crippen LogP contribution in [0.4, 0.5) is 0 Å². The molecule has 6 rings (SSSR count). The number of fused-ring (bicyclic) bond motifs is 1. The highest BCUT2D eigenvalue weighted by Gasteiger charge is 2.38. The fourth-order valence-electron chi connectivity index (χ4n) is 5.27. The third kappa shape index (κ3) is 5.22. The van der Waals surface area contributed by atoms with Crippen molar-refractivity contribution in [1.29, 1.82) is 0 Å². The molecule has 0 unspecified atom stereocenters. The minimum absolute atomic E-state index is 0.0230. The molecular weight excluding hydrogens is 504 g/mol. The first kappa shape index (κ1) is 25.1. The van der Waals surface area contributed by atoms with Gasteiger partial charge < -0.3 is 10.2 Å². The molecule has 5 aromatic rings. The Balaban J connectivity index is 1.32. The molecule has 0 spiro atoms. The zero-order valence-electron chi connectivity index (χ0n) is 21.8. The van der Waals surface area contributed by atoms with Crippen LogP contribution in [0.15, 0.2) is 96.5 Å². The monoisotopic (exact) mass is 534 g/mol. The molecule has 0 aliphatic heterocycles. The van der Waals surface area contributed by atoms with Gasteiger partial charge in [-0.05, 0) is 48.4 Å². The van der Waals surface area contributed by atoms with Crippen molar-refractivity contribution >= 4 is 28.1 Å². The van der Waals surface area contributed by atoms with Crippen LogP contribution in [0.5, 0.6) is 0 Å². The molecule has 1 aliphatic rings. The van der Waals surface area contributed by atoms with Crippen LogP contribution in [-0.4, -0.2) is 38.7 Å². The summed E-state index contributed by atoms with van der Waals surface area (Å²) in [6.07, 6.45) is 3.96. The van der Waals surface area contributed by atoms with Crippen molar-refractivity contribution in [1.82, 2.24) is 19.6 Å². The lowest BCUT2D eigenvalue weighted by atomic mass is 9.97. The Morgan fingerprint density at radius 2 is 1.69 bits per heavy atom. The molecule has 2 amide bonds. The molecular formula is C32H30N4O2S. The van der Waals surface area contributed by atoms with Gasteiger partial charge in [-0.15, -0.1) is 11.3 Å². The van der Waals surface area contributed by atoms with Crippen LogP contribution in [-0.2, 0) is 6.54 Å². The van der Waals surface area contributed by atoms with E-state index in [1.807, 2.05) is 101 Å². The Morgan fingerprint density at radius 3 is 2.44 bits per heavy atom. The average molecular weight is 535 g/mol. The molecule has 2 aromatic heterocycles. The molecule has 0 saturated heterocycles. The van der Waals surface area contributed by atoms with Gasteiger partial charge in [0.2, 0.25) is 0 Å². The number of benzene rings is 3. The van der Waals surface area contributed by atoms with Gasteiger partial charge in [-0.3, -0.25) is 14.0 Å². The van der Waals surface area contributed by atoms with Gasteiger partial charge in [0, 0.05) is 30.2 Å². The van der Waals surface area contributed by atoms with E-state index < -0.39 is 0 Å². The predicted molar refractivity (Wildman–Crippen MR) is 155 cm³/mol. The molecule has 0 bridgehead atoms. The first-order valence-corrected chi connectivity index (χ1v) is 14.2. The Bertz CT molecular complexity index is 1610. The Hall–Kier alpha value is -4.23. The van der Waals surface area contributed by atoms with Crippen molar-refractivity contribution in [3.8, 4) is 11.1 Å². The van der Waals surface area contributed by atoms with Crippen molar-refractivity contribution in [2.75, 3.05) is 6.54 Å². The van der Waals surface area contributed by atoms with Crippen LogP contribution in [0.3, 0.4) is 0 Å². The molecule has 39 heavy (non-hydrogen) atoms. The van der Waals surface area contributed by atoms with Crippen LogP contribution in [0.2, 0.25) is 0 Å². The number of aromatic nitrogens is 2. The molecule has 1 fully saturated rings. The average Bonchev–Trinajstić information content (AvgIpc) is 3.63. The molecule has 0 radical (unpaired) electrons. The summed E-state index contributed by atoms with van der Waals surface area (Å²) in [5, 5.41) is 5.09. The normalized spacial score (nSPS) is 13.8. The van der Waals surface area contributed by atoms with Gasteiger partial charge >= 0.3 is 0 Å². The molecule has 1 atom stereocenters. The largest absolute Gasteiger partial charge is 0.349 e. The summed E-state index contributed by atoms with van der Waals surface area (Å²) >= 11 is 1.51. The predicted octanol–water partition coefficient (Wildman–Crippen LogP) is 6.22. The highest BCUT2D eigenvalue weighted by Crippen LogP contribution is 2.37. The number of amides is 2. The van der Waals surface area contributed by atoms with E-state index >= 15 is 0 Å². The minimum atomic E-state index is -0.166. The SMILES string of the molecule is Cc1nc2sccn2c1C(=O)NC[C@H](C1CC1)N(Cc1ccccc1)C(=O)c1ccccc1-c1ccccc1. The fourth-order valence-corrected chi connectivity index (χ4v) is 6.03. The first-order chi connectivity index (χ1) is 19.1. The molecule has 196 valence electrons. The van der Waals surface area contributed by atoms with Crippen molar-refractivity contribution in [2.24, 2.45) is 5.92 Å². The lowest BCUT2D eigenvalue weighted by Gasteiger charge is -2.33. The van der Waals surface area contributed by atoms with Gasteiger partial charge in [0.15, 0.2) is 4.96 Å². The van der Waals surface area contributed by atoms with Crippen LogP contribution >= 0.6 is 11.3 Å². The van der Waals surface area contributed by atoms with Crippen LogP contribution < -0.4 is 5.32 Å². The van der Waals surface area contributed by atoms with Crippen molar-refractivity contribution in [3.05, 3.63) is 119 Å². The second-order valence-corrected chi connectivity index (χ2v) is 10.9. The Labute approximate surface area is 231 Å². The quantitative estimate of drug-likeness (QED) is 0.244. The zero-order valence-corrected chi connectivity index (χ0v) is 22.6. The third-order valence-corrected chi connectivity index (χ3v) is 8.15. The lowest BCUT2D eigenvalue weighted by molar-refractivity contribution is 0.0623. The van der Waals surface area contributed by atoms with E-state index in [9.17, 15) is 9.59 Å². The van der Waals surface area contributed by atoms with E-state index in [0.717, 1.165) is 34.5 Å². The number of carbonyl (C=O) groups excluding carboxylic acids is 2. The standard InChI is InChI=1S/C32H30N4O2S/c1-22-29(35-18-19-39-32(35)34-22)30(37)33-20-28(25-16-17-25)36(21-23-10-4-2-5-11-23)31(38)27-15-9-8-14-26(27)24-12-6-3-7-13-24/h2-15,18-19,25,28H,16-17,20-21H2,1H3,(H,33,37)/t28-/m1/s1. The summed E-state index contributed by atoms with van der Waals surface area (Å²) in [6, 6.07) is 27.8. The number of imidazole rings is 1. The van der Waals surface area contributed by atoms with Crippen LogP contribution in [0.25, 0.3) is 16.1 Å². The summed E-state index contributed by atoms with van der Waals surface area (Å²) in [5.41, 5.74) is 4.91. The van der Waals surface area contributed by atoms with Crippen LogP contribution in [0, 0.1) is 12.8 Å². The van der Waals surface area contributed by atoms with Gasteiger partial charge in [0.05, 0.1) is 11.7 Å². The van der Waals surface area contributed by atoms with Gasteiger partial charge in [0.25, 0.3) is 11.8 Å². The van der Waals surface area contributed by atoms with Crippen molar-refractivity contribution in [2.45, 2.75) is 32.4 Å². The van der Waals surface area contributed by atoms with Gasteiger partial charge in [-0.2, -0.15) is 0 Å². The number of hydrogen-bond acceptors (Lipinski definition) is 4. The molecule has 2 heterocycles. The van der Waals surface area contributed by atoms with Crippen molar-refractivity contribution in [3.63, 3.8) is 0 Å². The molecule has 3 aromatic carbocycles. The molecule has 6 nitrogen and oxygen atoms in total. The van der Waals surface area contributed by atoms with E-state index in [4.69, 9.17) is 0 Å². The summed E-state index contributed by atoms with van der Waals surface area (Å²) in [6.45, 7) is 2.71. The lowest BCUT2D eigenvalue weighted by Crippen LogP contribution is -2.48. The Kier molecular flexibility index (Phi) is 6.99. The molecule has 1 N–H and O–H groups in total. The maximum atomic E-state index is 14.4. The highest BCUT2D eigenvalue weighted by molar-refractivity contribution is 7.15. The van der Waals surface area contributed by atoms with Gasteiger partial charge in [-0.25, -0.2) is 4.98 Å². The summed E-state index contributed by atoms with van der Waals surface area (Å²) in [4.78, 5) is 35.1. The Morgan fingerprint density at radius 1 is 1.00 bits per heavy atom. The number of carbonyl (C=O) groups is 2. The van der Waals surface area contributed by atoms with E-state index in [-0.39, 0.29) is 17.9 Å². The number of aryl methyl sites for hydroxylation is 1. The maximum absolute atomic E-state index is 14.4. The molecule has 7 heteroatoms. The van der Waals surface area contributed by atoms with E-state index in [1.54, 1.807) is 0 Å².